The van der Waals surface area contributed by atoms with Crippen molar-refractivity contribution in [1.29, 1.82) is 0 Å². The summed E-state index contributed by atoms with van der Waals surface area (Å²) >= 11 is 12.1. The molecule has 1 fully saturated rings. The molecule has 132 valence electrons. The fraction of sp³-hybridized carbons (Fsp3) is 0.200. The van der Waals surface area contributed by atoms with E-state index in [4.69, 9.17) is 23.2 Å². The number of H-pyrrole nitrogens is 1. The number of benzene rings is 2. The molecule has 1 atom stereocenters. The number of amides is 1. The normalized spacial score (nSPS) is 16.8. The maximum Gasteiger partial charge on any atom is 0.254 e. The summed E-state index contributed by atoms with van der Waals surface area (Å²) in [5.41, 5.74) is 3.57. The van der Waals surface area contributed by atoms with Gasteiger partial charge < -0.3 is 4.90 Å². The second-order valence-electron chi connectivity index (χ2n) is 6.37. The van der Waals surface area contributed by atoms with Crippen molar-refractivity contribution in [1.82, 2.24) is 15.1 Å². The molecule has 4 nitrogen and oxygen atoms in total. The number of hydrogen-bond donors (Lipinski definition) is 1. The highest BCUT2D eigenvalue weighted by molar-refractivity contribution is 6.31. The Kier molecular flexibility index (Phi) is 4.70. The lowest BCUT2D eigenvalue weighted by Crippen LogP contribution is -2.31. The highest BCUT2D eigenvalue weighted by Gasteiger charge is 2.33. The first-order chi connectivity index (χ1) is 12.6. The van der Waals surface area contributed by atoms with Crippen LogP contribution in [0.25, 0.3) is 11.1 Å². The minimum Gasteiger partial charge on any atom is -0.330 e. The number of likely N-dealkylation sites (tertiary alicyclic amines) is 1. The molecule has 1 saturated heterocycles. The molecule has 0 bridgehead atoms. The van der Waals surface area contributed by atoms with Gasteiger partial charge in [-0.25, -0.2) is 0 Å². The summed E-state index contributed by atoms with van der Waals surface area (Å²) in [5, 5.41) is 8.63. The van der Waals surface area contributed by atoms with Gasteiger partial charge in [0.05, 0.1) is 17.9 Å². The van der Waals surface area contributed by atoms with Crippen LogP contribution in [0.2, 0.25) is 10.0 Å². The van der Waals surface area contributed by atoms with Gasteiger partial charge in [-0.1, -0.05) is 35.3 Å². The standard InChI is InChI=1S/C20H17Cl2N3O/c21-15-8-6-13(7-9-15)20(26)25-10-2-5-18(25)19-17(12-23-24-19)14-3-1-4-16(22)11-14/h1,3-4,6-9,11-12,18H,2,5,10H2,(H,23,24). The molecule has 1 N–H and O–H groups in total. The van der Waals surface area contributed by atoms with Gasteiger partial charge in [0.25, 0.3) is 5.91 Å². The minimum absolute atomic E-state index is 0.0100. The molecule has 4 rings (SSSR count). The fourth-order valence-corrected chi connectivity index (χ4v) is 3.82. The summed E-state index contributed by atoms with van der Waals surface area (Å²) in [5.74, 6) is 0.0100. The summed E-state index contributed by atoms with van der Waals surface area (Å²) in [4.78, 5) is 14.9. The highest BCUT2D eigenvalue weighted by Crippen LogP contribution is 2.37. The Labute approximate surface area is 161 Å². The molecule has 0 aliphatic carbocycles. The molecule has 2 aromatic carbocycles. The SMILES string of the molecule is O=C(c1ccc(Cl)cc1)N1CCCC1c1[nH]ncc1-c1cccc(Cl)c1. The van der Waals surface area contributed by atoms with Gasteiger partial charge in [-0.3, -0.25) is 9.89 Å². The lowest BCUT2D eigenvalue weighted by Gasteiger charge is -2.25. The van der Waals surface area contributed by atoms with Crippen molar-refractivity contribution in [2.75, 3.05) is 6.54 Å². The van der Waals surface area contributed by atoms with E-state index in [9.17, 15) is 4.79 Å². The van der Waals surface area contributed by atoms with Gasteiger partial charge in [0.2, 0.25) is 0 Å². The number of nitrogens with zero attached hydrogens (tertiary/aromatic N) is 2. The predicted molar refractivity (Wildman–Crippen MR) is 103 cm³/mol. The van der Waals surface area contributed by atoms with Gasteiger partial charge in [-0.15, -0.1) is 0 Å². The van der Waals surface area contributed by atoms with E-state index in [1.54, 1.807) is 30.5 Å². The van der Waals surface area contributed by atoms with Gasteiger partial charge in [-0.05, 0) is 54.8 Å². The Bertz CT molecular complexity index is 936. The second-order valence-corrected chi connectivity index (χ2v) is 7.24. The number of hydrogen-bond acceptors (Lipinski definition) is 2. The van der Waals surface area contributed by atoms with E-state index in [0.717, 1.165) is 36.2 Å². The van der Waals surface area contributed by atoms with Gasteiger partial charge in [-0.2, -0.15) is 5.10 Å². The Hall–Kier alpha value is -2.30. The highest BCUT2D eigenvalue weighted by atomic mass is 35.5. The van der Waals surface area contributed by atoms with Gasteiger partial charge in [0.15, 0.2) is 0 Å². The molecular weight excluding hydrogens is 369 g/mol. The molecule has 0 saturated carbocycles. The summed E-state index contributed by atoms with van der Waals surface area (Å²) in [6, 6.07) is 14.7. The number of aromatic amines is 1. The van der Waals surface area contributed by atoms with Crippen LogP contribution in [0.5, 0.6) is 0 Å². The van der Waals surface area contributed by atoms with Crippen LogP contribution >= 0.6 is 23.2 Å². The molecule has 1 unspecified atom stereocenters. The number of rotatable bonds is 3. The van der Waals surface area contributed by atoms with E-state index in [-0.39, 0.29) is 11.9 Å². The van der Waals surface area contributed by atoms with Gasteiger partial charge in [0.1, 0.15) is 0 Å². The number of carbonyl (C=O) groups is 1. The number of halogens is 2. The molecule has 0 radical (unpaired) electrons. The fourth-order valence-electron chi connectivity index (χ4n) is 3.50. The van der Waals surface area contributed by atoms with Crippen molar-refractivity contribution >= 4 is 29.1 Å². The first kappa shape index (κ1) is 17.1. The van der Waals surface area contributed by atoms with E-state index in [1.807, 2.05) is 29.2 Å². The van der Waals surface area contributed by atoms with Crippen LogP contribution < -0.4 is 0 Å². The molecule has 1 aliphatic rings. The number of aromatic nitrogens is 2. The third kappa shape index (κ3) is 3.22. The van der Waals surface area contributed by atoms with E-state index >= 15 is 0 Å². The Balaban J connectivity index is 1.67. The average Bonchev–Trinajstić information content (AvgIpc) is 3.30. The van der Waals surface area contributed by atoms with Crippen molar-refractivity contribution in [3.05, 3.63) is 76.0 Å². The molecular formula is C20H17Cl2N3O. The van der Waals surface area contributed by atoms with Gasteiger partial charge >= 0.3 is 0 Å². The average molecular weight is 386 g/mol. The Morgan fingerprint density at radius 1 is 1.12 bits per heavy atom. The van der Waals surface area contributed by atoms with E-state index in [0.29, 0.717) is 15.6 Å². The van der Waals surface area contributed by atoms with E-state index < -0.39 is 0 Å². The molecule has 1 aliphatic heterocycles. The molecule has 6 heteroatoms. The number of nitrogens with one attached hydrogen (secondary N) is 1. The molecule has 3 aromatic rings. The van der Waals surface area contributed by atoms with Crippen molar-refractivity contribution in [2.24, 2.45) is 0 Å². The topological polar surface area (TPSA) is 49.0 Å². The van der Waals surface area contributed by atoms with Crippen LogP contribution in [0.15, 0.2) is 54.7 Å². The zero-order valence-electron chi connectivity index (χ0n) is 14.0. The van der Waals surface area contributed by atoms with Crippen molar-refractivity contribution in [3.63, 3.8) is 0 Å². The zero-order valence-corrected chi connectivity index (χ0v) is 15.5. The summed E-state index contributed by atoms with van der Waals surface area (Å²) in [6.45, 7) is 0.722. The quantitative estimate of drug-likeness (QED) is 0.659. The first-order valence-electron chi connectivity index (χ1n) is 8.49. The van der Waals surface area contributed by atoms with Crippen LogP contribution in [0, 0.1) is 0 Å². The maximum atomic E-state index is 13.0. The maximum absolute atomic E-state index is 13.0. The Morgan fingerprint density at radius 2 is 1.92 bits per heavy atom. The monoisotopic (exact) mass is 385 g/mol. The second kappa shape index (κ2) is 7.14. The largest absolute Gasteiger partial charge is 0.330 e. The van der Waals surface area contributed by atoms with Crippen molar-refractivity contribution in [3.8, 4) is 11.1 Å². The van der Waals surface area contributed by atoms with E-state index in [2.05, 4.69) is 10.2 Å². The minimum atomic E-state index is -0.0327. The van der Waals surface area contributed by atoms with Crippen molar-refractivity contribution in [2.45, 2.75) is 18.9 Å². The van der Waals surface area contributed by atoms with Crippen LogP contribution in [-0.4, -0.2) is 27.5 Å². The Morgan fingerprint density at radius 3 is 2.69 bits per heavy atom. The summed E-state index contributed by atoms with van der Waals surface area (Å²) in [6.07, 6.45) is 3.65. The molecule has 2 heterocycles. The molecule has 26 heavy (non-hydrogen) atoms. The van der Waals surface area contributed by atoms with Crippen LogP contribution in [-0.2, 0) is 0 Å². The van der Waals surface area contributed by atoms with Crippen LogP contribution in [0.3, 0.4) is 0 Å². The first-order valence-corrected chi connectivity index (χ1v) is 9.25. The van der Waals surface area contributed by atoms with Crippen molar-refractivity contribution < 1.29 is 4.79 Å². The third-order valence-electron chi connectivity index (χ3n) is 4.74. The van der Waals surface area contributed by atoms with Crippen LogP contribution in [0.1, 0.15) is 34.9 Å². The lowest BCUT2D eigenvalue weighted by atomic mass is 10.0. The van der Waals surface area contributed by atoms with Gasteiger partial charge in [0, 0.05) is 27.7 Å². The molecule has 1 amide bonds. The number of carbonyl (C=O) groups excluding carboxylic acids is 1. The van der Waals surface area contributed by atoms with Crippen LogP contribution in [0.4, 0.5) is 0 Å². The molecule has 1 aromatic heterocycles. The lowest BCUT2D eigenvalue weighted by molar-refractivity contribution is 0.0733. The molecule has 0 spiro atoms. The third-order valence-corrected chi connectivity index (χ3v) is 5.23. The predicted octanol–water partition coefficient (Wildman–Crippen LogP) is 5.36. The summed E-state index contributed by atoms with van der Waals surface area (Å²) < 4.78 is 0. The van der Waals surface area contributed by atoms with E-state index in [1.165, 1.54) is 0 Å². The summed E-state index contributed by atoms with van der Waals surface area (Å²) in [7, 11) is 0. The zero-order chi connectivity index (χ0) is 18.1. The smallest absolute Gasteiger partial charge is 0.254 e.